The number of benzene rings is 1. The molecule has 5 aliphatic rings. The van der Waals surface area contributed by atoms with E-state index in [4.69, 9.17) is 24.2 Å². The molecule has 3 aliphatic heterocycles. The number of carbonyl (C=O) groups is 1. The maximum absolute atomic E-state index is 10.9. The minimum absolute atomic E-state index is 0.0675. The summed E-state index contributed by atoms with van der Waals surface area (Å²) in [5.41, 5.74) is 1.48. The molecule has 174 valence electrons. The third-order valence-electron chi connectivity index (χ3n) is 8.59. The molecule has 0 radical (unpaired) electrons. The van der Waals surface area contributed by atoms with Gasteiger partial charge in [-0.2, -0.15) is 0 Å². The summed E-state index contributed by atoms with van der Waals surface area (Å²) in [5.74, 6) is 2.20. The lowest BCUT2D eigenvalue weighted by Gasteiger charge is -2.59. The number of aryl methyl sites for hydroxylation is 1. The highest BCUT2D eigenvalue weighted by Gasteiger charge is 2.68. The number of fused-ring (bicyclic) bond motifs is 2. The van der Waals surface area contributed by atoms with Crippen LogP contribution in [-0.4, -0.2) is 36.3 Å². The average molecular weight is 442 g/mol. The summed E-state index contributed by atoms with van der Waals surface area (Å²) in [7, 11) is 0. The van der Waals surface area contributed by atoms with Crippen molar-refractivity contribution < 1.29 is 24.0 Å². The van der Waals surface area contributed by atoms with Gasteiger partial charge in [0, 0.05) is 18.3 Å². The summed E-state index contributed by atoms with van der Waals surface area (Å²) in [5, 5.41) is 0. The average Bonchev–Trinajstić information content (AvgIpc) is 3.01. The van der Waals surface area contributed by atoms with Crippen LogP contribution in [0.5, 0.6) is 0 Å². The van der Waals surface area contributed by atoms with Crippen molar-refractivity contribution >= 4 is 12.4 Å². The topological polar surface area (TPSA) is 66.4 Å². The molecule has 1 aromatic carbocycles. The quantitative estimate of drug-likeness (QED) is 0.478. The van der Waals surface area contributed by atoms with E-state index in [1.165, 1.54) is 12.0 Å². The van der Waals surface area contributed by atoms with E-state index in [-0.39, 0.29) is 30.3 Å². The van der Waals surface area contributed by atoms with Gasteiger partial charge in [-0.05, 0) is 56.9 Å². The van der Waals surface area contributed by atoms with Crippen molar-refractivity contribution in [3.63, 3.8) is 0 Å². The Labute approximate surface area is 190 Å². The van der Waals surface area contributed by atoms with Crippen LogP contribution in [0.1, 0.15) is 70.0 Å². The van der Waals surface area contributed by atoms with Gasteiger partial charge in [-0.1, -0.05) is 43.7 Å². The molecular weight excluding hydrogens is 406 g/mol. The van der Waals surface area contributed by atoms with E-state index >= 15 is 0 Å². The Bertz CT molecular complexity index is 885. The maximum Gasteiger partial charge on any atom is 0.293 e. The highest BCUT2D eigenvalue weighted by atomic mass is 17.2. The second-order valence-corrected chi connectivity index (χ2v) is 10.7. The summed E-state index contributed by atoms with van der Waals surface area (Å²) in [6.07, 6.45) is 5.14. The van der Waals surface area contributed by atoms with Crippen molar-refractivity contribution in [2.75, 3.05) is 6.61 Å². The monoisotopic (exact) mass is 441 g/mol. The van der Waals surface area contributed by atoms with Gasteiger partial charge in [0.1, 0.15) is 30.0 Å². The van der Waals surface area contributed by atoms with E-state index in [2.05, 4.69) is 52.0 Å². The predicted octanol–water partition coefficient (Wildman–Crippen LogP) is 4.95. The van der Waals surface area contributed by atoms with E-state index in [0.29, 0.717) is 24.2 Å². The molecule has 2 aliphatic carbocycles. The molecule has 6 rings (SSSR count). The third-order valence-corrected chi connectivity index (χ3v) is 8.59. The van der Waals surface area contributed by atoms with Crippen molar-refractivity contribution in [3.8, 4) is 0 Å². The molecule has 5 fully saturated rings. The molecule has 3 saturated heterocycles. The highest BCUT2D eigenvalue weighted by molar-refractivity contribution is 5.80. The van der Waals surface area contributed by atoms with Crippen molar-refractivity contribution in [1.82, 2.24) is 0 Å². The maximum atomic E-state index is 10.9. The van der Waals surface area contributed by atoms with E-state index in [9.17, 15) is 4.79 Å². The summed E-state index contributed by atoms with van der Waals surface area (Å²) >= 11 is 0. The minimum atomic E-state index is -0.398. The Kier molecular flexibility index (Phi) is 5.57. The van der Waals surface area contributed by atoms with E-state index in [0.717, 1.165) is 37.1 Å². The van der Waals surface area contributed by atoms with Crippen molar-refractivity contribution in [2.45, 2.75) is 83.1 Å². The Morgan fingerprint density at radius 1 is 1.16 bits per heavy atom. The molecular formula is C26H35NO5. The lowest BCUT2D eigenvalue weighted by Crippen LogP contribution is -2.68. The van der Waals surface area contributed by atoms with Crippen molar-refractivity contribution in [1.29, 1.82) is 0 Å². The minimum Gasteiger partial charge on any atom is -0.474 e. The zero-order valence-corrected chi connectivity index (χ0v) is 19.6. The fraction of sp³-hybridized carbons (Fsp3) is 0.692. The van der Waals surface area contributed by atoms with Gasteiger partial charge in [0.2, 0.25) is 0 Å². The van der Waals surface area contributed by atoms with Crippen molar-refractivity contribution in [3.05, 3.63) is 35.4 Å². The van der Waals surface area contributed by atoms with E-state index in [1.807, 2.05) is 0 Å². The summed E-state index contributed by atoms with van der Waals surface area (Å²) in [6, 6.07) is 7.94. The number of hydrogen-bond donors (Lipinski definition) is 0. The molecule has 6 heteroatoms. The van der Waals surface area contributed by atoms with Gasteiger partial charge in [-0.25, -0.2) is 14.8 Å². The van der Waals surface area contributed by atoms with E-state index in [1.54, 1.807) is 0 Å². The Morgan fingerprint density at radius 2 is 1.94 bits per heavy atom. The smallest absolute Gasteiger partial charge is 0.293 e. The Morgan fingerprint density at radius 3 is 2.69 bits per heavy atom. The number of hydrogen-bond acceptors (Lipinski definition) is 6. The zero-order valence-electron chi connectivity index (χ0n) is 19.6. The van der Waals surface area contributed by atoms with Crippen LogP contribution in [-0.2, 0) is 24.0 Å². The second kappa shape index (κ2) is 8.14. The summed E-state index contributed by atoms with van der Waals surface area (Å²) < 4.78 is 11.9. The van der Waals surface area contributed by atoms with Crippen LogP contribution < -0.4 is 0 Å². The fourth-order valence-electron chi connectivity index (χ4n) is 6.75. The molecule has 1 aromatic rings. The summed E-state index contributed by atoms with van der Waals surface area (Å²) in [6.45, 7) is 9.45. The van der Waals surface area contributed by atoms with Gasteiger partial charge in [-0.3, -0.25) is 4.79 Å². The van der Waals surface area contributed by atoms with Crippen LogP contribution in [0.15, 0.2) is 29.3 Å². The van der Waals surface area contributed by atoms with Gasteiger partial charge in [0.15, 0.2) is 5.90 Å². The first-order chi connectivity index (χ1) is 15.4. The lowest BCUT2D eigenvalue weighted by molar-refractivity contribution is -0.473. The molecule has 8 atom stereocenters. The number of aliphatic imine (C=N–C) groups is 1. The van der Waals surface area contributed by atoms with Crippen LogP contribution in [0.25, 0.3) is 0 Å². The molecule has 6 nitrogen and oxygen atoms in total. The van der Waals surface area contributed by atoms with Gasteiger partial charge in [0.05, 0.1) is 0 Å². The normalized spacial score (nSPS) is 42.5. The molecule has 2 saturated carbocycles. The molecule has 2 bridgehead atoms. The zero-order chi connectivity index (χ0) is 22.5. The number of ether oxygens (including phenoxy) is 2. The summed E-state index contributed by atoms with van der Waals surface area (Å²) in [4.78, 5) is 28.4. The second-order valence-electron chi connectivity index (χ2n) is 10.7. The van der Waals surface area contributed by atoms with Gasteiger partial charge >= 0.3 is 0 Å². The van der Waals surface area contributed by atoms with E-state index < -0.39 is 5.60 Å². The van der Waals surface area contributed by atoms with Gasteiger partial charge in [-0.15, -0.1) is 0 Å². The van der Waals surface area contributed by atoms with Crippen LogP contribution >= 0.6 is 0 Å². The molecule has 3 unspecified atom stereocenters. The highest BCUT2D eigenvalue weighted by Crippen LogP contribution is 2.60. The first kappa shape index (κ1) is 21.9. The van der Waals surface area contributed by atoms with Gasteiger partial charge < -0.3 is 9.47 Å². The van der Waals surface area contributed by atoms with Crippen LogP contribution in [0.2, 0.25) is 0 Å². The van der Waals surface area contributed by atoms with Crippen LogP contribution in [0.4, 0.5) is 0 Å². The Hall–Kier alpha value is -1.92. The first-order valence-corrected chi connectivity index (χ1v) is 12.1. The predicted molar refractivity (Wildman–Crippen MR) is 120 cm³/mol. The Balaban J connectivity index is 1.52. The number of rotatable bonds is 5. The SMILES string of the molecule is Cc1ccc(C(COC=O)/N=C2\O[C@H]3C[C@@]4(C)CCC5[C@@H](C)CCC([C@@H]2C)[C@@]53OO4)cc1. The molecule has 3 heterocycles. The fourth-order valence-corrected chi connectivity index (χ4v) is 6.75. The molecule has 32 heavy (non-hydrogen) atoms. The lowest BCUT2D eigenvalue weighted by atomic mass is 9.56. The van der Waals surface area contributed by atoms with Crippen LogP contribution in [0.3, 0.4) is 0 Å². The van der Waals surface area contributed by atoms with Gasteiger partial charge in [0.25, 0.3) is 6.47 Å². The number of nitrogens with zero attached hydrogens (tertiary/aromatic N) is 1. The van der Waals surface area contributed by atoms with Crippen LogP contribution in [0, 0.1) is 30.6 Å². The first-order valence-electron chi connectivity index (χ1n) is 12.1. The third kappa shape index (κ3) is 3.47. The van der Waals surface area contributed by atoms with Crippen molar-refractivity contribution in [2.24, 2.45) is 28.7 Å². The largest absolute Gasteiger partial charge is 0.474 e. The number of carbonyl (C=O) groups excluding carboxylic acids is 1. The molecule has 0 N–H and O–H groups in total. The molecule has 1 spiro atoms. The molecule has 0 aromatic heterocycles. The molecule has 0 amide bonds. The standard InChI is InChI=1S/C26H35NO5/c1-16-5-8-19(9-6-16)22(14-29-15-28)27-24-18(3)21-10-7-17(2)20-11-12-25(4)13-23(30-24)26(20,21)32-31-25/h5-6,8-9,15,17-18,20-23H,7,10-14H2,1-4H3/b27-24-/t17-,18-,20?,21?,22?,23-,25+,26-/m0/s1.